The molecule has 0 saturated carbocycles. The van der Waals surface area contributed by atoms with E-state index in [4.69, 9.17) is 0 Å². The summed E-state index contributed by atoms with van der Waals surface area (Å²) in [6, 6.07) is 10.0. The smallest absolute Gasteiger partial charge is 0.285 e. The molecule has 0 aliphatic rings. The summed E-state index contributed by atoms with van der Waals surface area (Å²) < 4.78 is 1.82. The molecule has 20 heavy (non-hydrogen) atoms. The Labute approximate surface area is 121 Å². The maximum absolute atomic E-state index is 4.64. The van der Waals surface area contributed by atoms with Crippen LogP contribution in [0.4, 0.5) is 5.95 Å². The number of fused-ring (bicyclic) bond motifs is 1. The maximum Gasteiger partial charge on any atom is 0.377 e. The van der Waals surface area contributed by atoms with Gasteiger partial charge in [-0.25, -0.2) is 0 Å². The normalized spacial score (nSPS) is 10.9. The third kappa shape index (κ3) is 2.22. The van der Waals surface area contributed by atoms with Crippen LogP contribution < -0.4 is 9.42 Å². The summed E-state index contributed by atoms with van der Waals surface area (Å²) in [5.74, 6) is 1.53. The summed E-state index contributed by atoms with van der Waals surface area (Å²) in [5, 5.41) is 5.62. The summed E-state index contributed by atoms with van der Waals surface area (Å²) in [4.78, 5) is 12.1. The summed E-state index contributed by atoms with van der Waals surface area (Å²) in [6.45, 7) is 2.10. The Kier molecular flexibility index (Phi) is 3.31. The van der Waals surface area contributed by atoms with Gasteiger partial charge in [0.05, 0.1) is 0 Å². The second-order valence-corrected chi connectivity index (χ2v) is 5.69. The molecule has 1 aromatic carbocycles. The monoisotopic (exact) mass is 286 g/mol. The zero-order chi connectivity index (χ0) is 14.1. The summed E-state index contributed by atoms with van der Waals surface area (Å²) in [7, 11) is 3.93. The average Bonchev–Trinajstić information content (AvgIpc) is 2.89. The van der Waals surface area contributed by atoms with E-state index in [-0.39, 0.29) is 0 Å². The highest BCUT2D eigenvalue weighted by Gasteiger charge is 2.22. The van der Waals surface area contributed by atoms with Crippen molar-refractivity contribution in [3.05, 3.63) is 35.3 Å². The first-order valence-corrected chi connectivity index (χ1v) is 7.33. The topological polar surface area (TPSA) is 46.0 Å². The molecule has 102 valence electrons. The summed E-state index contributed by atoms with van der Waals surface area (Å²) in [5.41, 5.74) is 1.02. The van der Waals surface area contributed by atoms with Gasteiger partial charge in [0, 0.05) is 19.7 Å². The highest BCUT2D eigenvalue weighted by molar-refractivity contribution is 7.16. The Hall–Kier alpha value is -2.08. The molecule has 0 fully saturated rings. The molecule has 2 heterocycles. The van der Waals surface area contributed by atoms with E-state index in [1.807, 2.05) is 53.8 Å². The van der Waals surface area contributed by atoms with E-state index in [9.17, 15) is 0 Å². The van der Waals surface area contributed by atoms with E-state index in [1.54, 1.807) is 11.3 Å². The minimum atomic E-state index is 0.737. The van der Waals surface area contributed by atoms with Crippen LogP contribution in [-0.2, 0) is 6.42 Å². The molecule has 5 nitrogen and oxygen atoms in total. The van der Waals surface area contributed by atoms with Gasteiger partial charge in [-0.15, -0.1) is 5.10 Å². The van der Waals surface area contributed by atoms with Gasteiger partial charge in [-0.05, 0) is 18.6 Å². The maximum atomic E-state index is 4.64. The first-order chi connectivity index (χ1) is 9.69. The van der Waals surface area contributed by atoms with Crippen LogP contribution in [0.2, 0.25) is 0 Å². The van der Waals surface area contributed by atoms with Gasteiger partial charge in [0.25, 0.3) is 5.82 Å². The van der Waals surface area contributed by atoms with Crippen molar-refractivity contribution in [2.45, 2.75) is 13.3 Å². The van der Waals surface area contributed by atoms with E-state index < -0.39 is 0 Å². The highest BCUT2D eigenvalue weighted by atomic mass is 32.1. The van der Waals surface area contributed by atoms with Gasteiger partial charge >= 0.3 is 10.9 Å². The van der Waals surface area contributed by atoms with Gasteiger partial charge in [-0.3, -0.25) is 4.90 Å². The van der Waals surface area contributed by atoms with Crippen LogP contribution in [0.15, 0.2) is 30.3 Å². The number of benzene rings is 1. The van der Waals surface area contributed by atoms with Gasteiger partial charge in [0.1, 0.15) is 5.01 Å². The average molecular weight is 286 g/mol. The number of nitrogens with zero attached hydrogens (tertiary/aromatic N) is 5. The van der Waals surface area contributed by atoms with E-state index in [1.165, 1.54) is 0 Å². The largest absolute Gasteiger partial charge is 0.377 e. The molecule has 0 N–H and O–H groups in total. The van der Waals surface area contributed by atoms with Crippen LogP contribution in [0.5, 0.6) is 0 Å². The predicted molar refractivity (Wildman–Crippen MR) is 80.0 cm³/mol. The van der Waals surface area contributed by atoms with Crippen LogP contribution in [0, 0.1) is 0 Å². The highest BCUT2D eigenvalue weighted by Crippen LogP contribution is 2.19. The van der Waals surface area contributed by atoms with Crippen molar-refractivity contribution in [3.8, 4) is 11.4 Å². The summed E-state index contributed by atoms with van der Waals surface area (Å²) >= 11 is 1.61. The van der Waals surface area contributed by atoms with Crippen LogP contribution in [-0.4, -0.2) is 29.2 Å². The minimum absolute atomic E-state index is 0.737. The Morgan fingerprint density at radius 3 is 2.55 bits per heavy atom. The predicted octanol–water partition coefficient (Wildman–Crippen LogP) is 1.97. The standard InChI is InChI=1S/C14H16N5S/c1-4-11-17-19-13(18(2)3)15-12(16-14(19)20-11)10-8-6-5-7-9-10/h5-9H,4H2,1-3H3/q+1. The van der Waals surface area contributed by atoms with Crippen molar-refractivity contribution in [2.24, 2.45) is 0 Å². The van der Waals surface area contributed by atoms with Crippen LogP contribution >= 0.6 is 11.3 Å². The number of rotatable bonds is 3. The summed E-state index contributed by atoms with van der Waals surface area (Å²) in [6.07, 6.45) is 0.904. The minimum Gasteiger partial charge on any atom is -0.285 e. The van der Waals surface area contributed by atoms with E-state index >= 15 is 0 Å². The lowest BCUT2D eigenvalue weighted by atomic mass is 10.2. The van der Waals surface area contributed by atoms with Gasteiger partial charge in [-0.1, -0.05) is 50.9 Å². The number of aryl methyl sites for hydroxylation is 1. The third-order valence-electron chi connectivity index (χ3n) is 2.93. The molecule has 0 amide bonds. The molecule has 0 bridgehead atoms. The van der Waals surface area contributed by atoms with Crippen molar-refractivity contribution < 1.29 is 4.52 Å². The fourth-order valence-corrected chi connectivity index (χ4v) is 2.75. The van der Waals surface area contributed by atoms with Gasteiger partial charge in [0.15, 0.2) is 0 Å². The fourth-order valence-electron chi connectivity index (χ4n) is 1.93. The molecular weight excluding hydrogens is 270 g/mol. The van der Waals surface area contributed by atoms with E-state index in [0.717, 1.165) is 33.7 Å². The van der Waals surface area contributed by atoms with E-state index in [0.29, 0.717) is 0 Å². The fraction of sp³-hybridized carbons (Fsp3) is 0.286. The molecular formula is C14H16N5S+. The van der Waals surface area contributed by atoms with Crippen molar-refractivity contribution in [1.82, 2.24) is 15.1 Å². The first kappa shape index (κ1) is 12.9. The quantitative estimate of drug-likeness (QED) is 0.691. The number of anilines is 1. The zero-order valence-corrected chi connectivity index (χ0v) is 12.6. The van der Waals surface area contributed by atoms with Crippen LogP contribution in [0.25, 0.3) is 16.3 Å². The molecule has 6 heteroatoms. The zero-order valence-electron chi connectivity index (χ0n) is 11.7. The Morgan fingerprint density at radius 1 is 1.15 bits per heavy atom. The van der Waals surface area contributed by atoms with Crippen LogP contribution in [0.3, 0.4) is 0 Å². The molecule has 3 rings (SSSR count). The molecule has 0 saturated heterocycles. The Balaban J connectivity index is 2.25. The van der Waals surface area contributed by atoms with Crippen molar-refractivity contribution in [2.75, 3.05) is 19.0 Å². The molecule has 0 aliphatic carbocycles. The van der Waals surface area contributed by atoms with Crippen molar-refractivity contribution >= 4 is 22.2 Å². The molecule has 2 aromatic heterocycles. The SMILES string of the molecule is CCc1n[n+]2c(N(C)C)nc(-c3ccccc3)nc2s1. The van der Waals surface area contributed by atoms with Crippen molar-refractivity contribution in [1.29, 1.82) is 0 Å². The Bertz CT molecular complexity index is 736. The van der Waals surface area contributed by atoms with Crippen LogP contribution in [0.1, 0.15) is 11.9 Å². The van der Waals surface area contributed by atoms with E-state index in [2.05, 4.69) is 22.0 Å². The molecule has 0 atom stereocenters. The second-order valence-electron chi connectivity index (χ2n) is 4.65. The number of aromatic nitrogens is 4. The van der Waals surface area contributed by atoms with Gasteiger partial charge in [-0.2, -0.15) is 0 Å². The lowest BCUT2D eigenvalue weighted by Crippen LogP contribution is -2.34. The van der Waals surface area contributed by atoms with Gasteiger partial charge in [0.2, 0.25) is 0 Å². The lowest BCUT2D eigenvalue weighted by Gasteiger charge is -2.04. The molecule has 0 radical (unpaired) electrons. The molecule has 0 unspecified atom stereocenters. The lowest BCUT2D eigenvalue weighted by molar-refractivity contribution is -0.568. The third-order valence-corrected chi connectivity index (χ3v) is 3.99. The molecule has 0 spiro atoms. The molecule has 3 aromatic rings. The first-order valence-electron chi connectivity index (χ1n) is 6.51. The Morgan fingerprint density at radius 2 is 1.90 bits per heavy atom. The molecule has 0 aliphatic heterocycles. The van der Waals surface area contributed by atoms with Gasteiger partial charge < -0.3 is 0 Å². The second kappa shape index (κ2) is 5.13. The number of hydrogen-bond acceptors (Lipinski definition) is 5. The van der Waals surface area contributed by atoms with Crippen molar-refractivity contribution in [3.63, 3.8) is 0 Å². The number of hydrogen-bond donors (Lipinski definition) is 0.